The summed E-state index contributed by atoms with van der Waals surface area (Å²) in [4.78, 5) is 49.8. The summed E-state index contributed by atoms with van der Waals surface area (Å²) < 4.78 is 12.2. The fourth-order valence-corrected chi connectivity index (χ4v) is 4.68. The number of fused-ring (bicyclic) bond motifs is 1. The normalized spacial score (nSPS) is 16.6. The minimum Gasteiger partial charge on any atom is -0.481 e. The van der Waals surface area contributed by atoms with E-state index < -0.39 is 11.5 Å². The number of benzene rings is 1. The van der Waals surface area contributed by atoms with Crippen LogP contribution in [0.1, 0.15) is 28.9 Å². The summed E-state index contributed by atoms with van der Waals surface area (Å²) in [7, 11) is 3.12. The van der Waals surface area contributed by atoms with Crippen LogP contribution in [0.15, 0.2) is 47.4 Å². The summed E-state index contributed by atoms with van der Waals surface area (Å²) in [6.45, 7) is 3.20. The number of anilines is 2. The van der Waals surface area contributed by atoms with Gasteiger partial charge in [-0.15, -0.1) is 0 Å². The molecule has 2 aliphatic rings. The Hall–Kier alpha value is -3.92. The first-order valence-electron chi connectivity index (χ1n) is 12.1. The van der Waals surface area contributed by atoms with E-state index in [0.29, 0.717) is 18.8 Å². The number of ether oxygens (including phenoxy) is 2. The second-order valence-electron chi connectivity index (χ2n) is 9.12. The first-order valence-corrected chi connectivity index (χ1v) is 12.1. The molecule has 36 heavy (non-hydrogen) atoms. The fourth-order valence-electron chi connectivity index (χ4n) is 4.68. The topological polar surface area (TPSA) is 96.7 Å². The van der Waals surface area contributed by atoms with Crippen LogP contribution < -0.4 is 20.1 Å². The number of hydrogen-bond donors (Lipinski definition) is 0. The molecule has 0 aliphatic carbocycles. The molecule has 0 N–H and O–H groups in total. The molecule has 1 aromatic carbocycles. The number of esters is 1. The van der Waals surface area contributed by atoms with Gasteiger partial charge in [-0.05, 0) is 31.5 Å². The zero-order chi connectivity index (χ0) is 25.2. The molecule has 1 amide bonds. The van der Waals surface area contributed by atoms with E-state index in [2.05, 4.69) is 9.88 Å². The molecule has 2 saturated heterocycles. The van der Waals surface area contributed by atoms with Crippen molar-refractivity contribution in [3.63, 3.8) is 0 Å². The van der Waals surface area contributed by atoms with Crippen LogP contribution >= 0.6 is 0 Å². The van der Waals surface area contributed by atoms with E-state index in [4.69, 9.17) is 9.47 Å². The Morgan fingerprint density at radius 3 is 2.50 bits per heavy atom. The van der Waals surface area contributed by atoms with Crippen LogP contribution in [0.25, 0.3) is 5.65 Å². The van der Waals surface area contributed by atoms with Crippen LogP contribution in [-0.2, 0) is 16.1 Å². The number of hydrogen-bond acceptors (Lipinski definition) is 8. The number of methoxy groups -OCH3 is 1. The van der Waals surface area contributed by atoms with Crippen molar-refractivity contribution in [1.29, 1.82) is 0 Å². The van der Waals surface area contributed by atoms with Gasteiger partial charge in [-0.2, -0.15) is 0 Å². The van der Waals surface area contributed by atoms with Gasteiger partial charge in [-0.3, -0.25) is 18.9 Å². The number of carbonyl (C=O) groups is 2. The predicted molar refractivity (Wildman–Crippen MR) is 135 cm³/mol. The number of likely N-dealkylation sites (N-methyl/N-ethyl adjacent to an activating group) is 1. The van der Waals surface area contributed by atoms with Gasteiger partial charge in [-0.1, -0.05) is 30.3 Å². The third kappa shape index (κ3) is 4.51. The van der Waals surface area contributed by atoms with Crippen molar-refractivity contribution in [2.45, 2.75) is 19.4 Å². The van der Waals surface area contributed by atoms with Crippen molar-refractivity contribution in [2.24, 2.45) is 0 Å². The standard InChI is InChI=1S/C26H29N5O5/c1-28-12-13-30(21(32)16-28)20-14-19(29-10-6-7-11-29)15-31-24(20)27-22(26(34)35-2)23(25(31)33)36-17-18-8-4-3-5-9-18/h3-5,8-9,14-15H,6-7,10-13,16-17H2,1-2H3. The summed E-state index contributed by atoms with van der Waals surface area (Å²) in [5.74, 6) is -1.06. The maximum absolute atomic E-state index is 13.8. The number of aromatic nitrogens is 2. The largest absolute Gasteiger partial charge is 0.481 e. The highest BCUT2D eigenvalue weighted by Crippen LogP contribution is 2.31. The van der Waals surface area contributed by atoms with E-state index in [1.54, 1.807) is 11.1 Å². The molecular formula is C26H29N5O5. The van der Waals surface area contributed by atoms with Gasteiger partial charge in [0.05, 0.1) is 25.0 Å². The van der Waals surface area contributed by atoms with Crippen LogP contribution in [0.5, 0.6) is 5.75 Å². The molecular weight excluding hydrogens is 462 g/mol. The predicted octanol–water partition coefficient (Wildman–Crippen LogP) is 1.94. The molecule has 0 radical (unpaired) electrons. The molecule has 4 heterocycles. The van der Waals surface area contributed by atoms with Crippen molar-refractivity contribution >= 4 is 28.9 Å². The number of amides is 1. The van der Waals surface area contributed by atoms with Crippen LogP contribution in [0.4, 0.5) is 11.4 Å². The molecule has 10 heteroatoms. The third-order valence-electron chi connectivity index (χ3n) is 6.63. The maximum atomic E-state index is 13.8. The van der Waals surface area contributed by atoms with E-state index in [1.807, 2.05) is 48.3 Å². The van der Waals surface area contributed by atoms with E-state index in [0.717, 1.165) is 37.2 Å². The smallest absolute Gasteiger partial charge is 0.360 e. The second kappa shape index (κ2) is 9.98. The number of pyridine rings is 1. The summed E-state index contributed by atoms with van der Waals surface area (Å²) in [6, 6.07) is 11.2. The highest BCUT2D eigenvalue weighted by Gasteiger charge is 2.29. The SMILES string of the molecule is COC(=O)c1nc2c(N3CCN(C)CC3=O)cc(N3CCCC3)cn2c(=O)c1OCc1ccccc1. The van der Waals surface area contributed by atoms with Gasteiger partial charge in [0.1, 0.15) is 6.61 Å². The second-order valence-corrected chi connectivity index (χ2v) is 9.12. The molecule has 188 valence electrons. The zero-order valence-electron chi connectivity index (χ0n) is 20.5. The van der Waals surface area contributed by atoms with Gasteiger partial charge in [0, 0.05) is 32.4 Å². The number of piperazine rings is 1. The van der Waals surface area contributed by atoms with E-state index >= 15 is 0 Å². The van der Waals surface area contributed by atoms with Crippen molar-refractivity contribution in [2.75, 3.05) is 56.7 Å². The van der Waals surface area contributed by atoms with Crippen molar-refractivity contribution in [3.05, 3.63) is 64.2 Å². The lowest BCUT2D eigenvalue weighted by Crippen LogP contribution is -2.49. The third-order valence-corrected chi connectivity index (χ3v) is 6.63. The molecule has 0 spiro atoms. The molecule has 5 rings (SSSR count). The lowest BCUT2D eigenvalue weighted by atomic mass is 10.2. The van der Waals surface area contributed by atoms with Gasteiger partial charge in [0.25, 0.3) is 0 Å². The lowest BCUT2D eigenvalue weighted by Gasteiger charge is -2.33. The molecule has 10 nitrogen and oxygen atoms in total. The summed E-state index contributed by atoms with van der Waals surface area (Å²) in [5, 5.41) is 0. The van der Waals surface area contributed by atoms with Crippen LogP contribution in [0, 0.1) is 0 Å². The van der Waals surface area contributed by atoms with Gasteiger partial charge in [0.2, 0.25) is 11.7 Å². The summed E-state index contributed by atoms with van der Waals surface area (Å²) in [6.07, 6.45) is 3.83. The Morgan fingerprint density at radius 2 is 1.81 bits per heavy atom. The Bertz CT molecular complexity index is 1350. The first kappa shape index (κ1) is 23.8. The van der Waals surface area contributed by atoms with Crippen molar-refractivity contribution < 1.29 is 19.1 Å². The molecule has 2 aliphatic heterocycles. The zero-order valence-corrected chi connectivity index (χ0v) is 20.5. The van der Waals surface area contributed by atoms with Gasteiger partial charge in [0.15, 0.2) is 11.3 Å². The monoisotopic (exact) mass is 491 g/mol. The number of carbonyl (C=O) groups excluding carboxylic acids is 2. The van der Waals surface area contributed by atoms with Crippen molar-refractivity contribution in [1.82, 2.24) is 14.3 Å². The Kier molecular flexibility index (Phi) is 6.60. The summed E-state index contributed by atoms with van der Waals surface area (Å²) >= 11 is 0. The quantitative estimate of drug-likeness (QED) is 0.483. The minimum absolute atomic E-state index is 0.0867. The van der Waals surface area contributed by atoms with Crippen LogP contribution in [0.2, 0.25) is 0 Å². The molecule has 0 atom stereocenters. The maximum Gasteiger partial charge on any atom is 0.360 e. The summed E-state index contributed by atoms with van der Waals surface area (Å²) in [5.41, 5.74) is 1.64. The lowest BCUT2D eigenvalue weighted by molar-refractivity contribution is -0.120. The van der Waals surface area contributed by atoms with Crippen molar-refractivity contribution in [3.8, 4) is 5.75 Å². The van der Waals surface area contributed by atoms with E-state index in [1.165, 1.54) is 11.5 Å². The van der Waals surface area contributed by atoms with Gasteiger partial charge < -0.3 is 19.3 Å². The van der Waals surface area contributed by atoms with E-state index in [9.17, 15) is 14.4 Å². The minimum atomic E-state index is -0.781. The Morgan fingerprint density at radius 1 is 1.06 bits per heavy atom. The first-order chi connectivity index (χ1) is 17.5. The fraction of sp³-hybridized carbons (Fsp3) is 0.385. The highest BCUT2D eigenvalue weighted by atomic mass is 16.5. The Balaban J connectivity index is 1.69. The van der Waals surface area contributed by atoms with Gasteiger partial charge >= 0.3 is 11.5 Å². The molecule has 0 saturated carbocycles. The number of nitrogens with zero attached hydrogens (tertiary/aromatic N) is 5. The molecule has 0 bridgehead atoms. The van der Waals surface area contributed by atoms with Gasteiger partial charge in [-0.25, -0.2) is 9.78 Å². The molecule has 2 aromatic heterocycles. The highest BCUT2D eigenvalue weighted by molar-refractivity contribution is 6.00. The average molecular weight is 492 g/mol. The van der Waals surface area contributed by atoms with Crippen LogP contribution in [-0.4, -0.2) is 73.0 Å². The molecule has 2 fully saturated rings. The molecule has 3 aromatic rings. The molecule has 0 unspecified atom stereocenters. The van der Waals surface area contributed by atoms with E-state index in [-0.39, 0.29) is 36.1 Å². The number of rotatable bonds is 6. The Labute approximate surface area is 208 Å². The average Bonchev–Trinajstić information content (AvgIpc) is 3.43. The van der Waals surface area contributed by atoms with Crippen LogP contribution in [0.3, 0.4) is 0 Å².